The summed E-state index contributed by atoms with van der Waals surface area (Å²) in [6.45, 7) is 5.25. The first kappa shape index (κ1) is 23.2. The number of carbonyl (C=O) groups excluding carboxylic acids is 2. The number of benzene rings is 2. The van der Waals surface area contributed by atoms with E-state index in [9.17, 15) is 14.7 Å². The van der Waals surface area contributed by atoms with Gasteiger partial charge < -0.3 is 29.5 Å². The van der Waals surface area contributed by atoms with Crippen molar-refractivity contribution in [3.05, 3.63) is 48.5 Å². The number of hydrogen-bond acceptors (Lipinski definition) is 6. The van der Waals surface area contributed by atoms with Gasteiger partial charge in [0, 0.05) is 19.1 Å². The zero-order valence-corrected chi connectivity index (χ0v) is 18.5. The van der Waals surface area contributed by atoms with Gasteiger partial charge in [0.25, 0.3) is 11.8 Å². The molecule has 8 nitrogen and oxygen atoms in total. The van der Waals surface area contributed by atoms with Gasteiger partial charge >= 0.3 is 0 Å². The van der Waals surface area contributed by atoms with Crippen LogP contribution >= 0.6 is 0 Å². The molecule has 1 aliphatic heterocycles. The molecule has 8 heteroatoms. The molecular weight excluding hydrogens is 412 g/mol. The van der Waals surface area contributed by atoms with Crippen LogP contribution in [0.5, 0.6) is 23.0 Å². The van der Waals surface area contributed by atoms with Gasteiger partial charge in [0.2, 0.25) is 0 Å². The molecule has 2 aromatic carbocycles. The van der Waals surface area contributed by atoms with Gasteiger partial charge in [-0.1, -0.05) is 0 Å². The van der Waals surface area contributed by atoms with Crippen molar-refractivity contribution in [3.8, 4) is 23.0 Å². The number of phenols is 1. The lowest BCUT2D eigenvalue weighted by Crippen LogP contribution is -2.50. The lowest BCUT2D eigenvalue weighted by molar-refractivity contribution is -0.139. The Morgan fingerprint density at radius 3 is 2.16 bits per heavy atom. The Morgan fingerprint density at radius 1 is 1.00 bits per heavy atom. The quantitative estimate of drug-likeness (QED) is 0.620. The standard InChI is InChI=1S/C24H30N2O6/c1-3-30-20-8-10-21(11-9-20)31-16-23(28)25-18-12-14-26(15-13-18)24(29)17(2)32-22-6-4-19(27)5-7-22/h4-11,17-18,27H,3,12-16H2,1-2H3,(H,25,28). The minimum absolute atomic E-state index is 0.00352. The summed E-state index contributed by atoms with van der Waals surface area (Å²) < 4.78 is 16.6. The molecule has 32 heavy (non-hydrogen) atoms. The first-order valence-electron chi connectivity index (χ1n) is 10.8. The average Bonchev–Trinajstić information content (AvgIpc) is 2.80. The number of nitrogens with zero attached hydrogens (tertiary/aromatic N) is 1. The van der Waals surface area contributed by atoms with Crippen molar-refractivity contribution in [1.82, 2.24) is 10.2 Å². The first-order chi connectivity index (χ1) is 15.4. The topological polar surface area (TPSA) is 97.3 Å². The number of rotatable bonds is 9. The van der Waals surface area contributed by atoms with Crippen molar-refractivity contribution in [2.24, 2.45) is 0 Å². The predicted molar refractivity (Wildman–Crippen MR) is 119 cm³/mol. The van der Waals surface area contributed by atoms with E-state index in [2.05, 4.69) is 5.32 Å². The van der Waals surface area contributed by atoms with Crippen LogP contribution in [0.25, 0.3) is 0 Å². The Hall–Kier alpha value is -3.42. The van der Waals surface area contributed by atoms with Crippen molar-refractivity contribution in [2.45, 2.75) is 38.8 Å². The molecule has 1 unspecified atom stereocenters. The van der Waals surface area contributed by atoms with E-state index in [0.29, 0.717) is 44.0 Å². The highest BCUT2D eigenvalue weighted by molar-refractivity contribution is 5.81. The number of phenolic OH excluding ortho intramolecular Hbond substituents is 1. The highest BCUT2D eigenvalue weighted by atomic mass is 16.5. The van der Waals surface area contributed by atoms with Gasteiger partial charge in [-0.05, 0) is 75.2 Å². The Bertz CT molecular complexity index is 876. The minimum atomic E-state index is -0.631. The van der Waals surface area contributed by atoms with E-state index in [4.69, 9.17) is 14.2 Å². The lowest BCUT2D eigenvalue weighted by Gasteiger charge is -2.33. The molecule has 0 aromatic heterocycles. The van der Waals surface area contributed by atoms with Gasteiger partial charge in [-0.25, -0.2) is 0 Å². The second kappa shape index (κ2) is 11.3. The maximum Gasteiger partial charge on any atom is 0.263 e. The number of likely N-dealkylation sites (tertiary alicyclic amines) is 1. The first-order valence-corrected chi connectivity index (χ1v) is 10.8. The molecule has 1 aliphatic rings. The summed E-state index contributed by atoms with van der Waals surface area (Å²) in [5.74, 6) is 1.75. The smallest absolute Gasteiger partial charge is 0.263 e. The highest BCUT2D eigenvalue weighted by Gasteiger charge is 2.27. The summed E-state index contributed by atoms with van der Waals surface area (Å²) in [5, 5.41) is 12.3. The Labute approximate surface area is 188 Å². The Kier molecular flexibility index (Phi) is 8.19. The van der Waals surface area contributed by atoms with Gasteiger partial charge in [-0.3, -0.25) is 9.59 Å². The largest absolute Gasteiger partial charge is 0.508 e. The van der Waals surface area contributed by atoms with Crippen LogP contribution < -0.4 is 19.5 Å². The molecule has 1 fully saturated rings. The molecule has 1 atom stereocenters. The van der Waals surface area contributed by atoms with E-state index in [1.54, 1.807) is 48.2 Å². The number of piperidine rings is 1. The summed E-state index contributed by atoms with van der Waals surface area (Å²) in [6.07, 6.45) is 0.715. The van der Waals surface area contributed by atoms with Crippen LogP contribution in [0.1, 0.15) is 26.7 Å². The van der Waals surface area contributed by atoms with Crippen LogP contribution in [0.2, 0.25) is 0 Å². The molecule has 1 heterocycles. The van der Waals surface area contributed by atoms with Crippen molar-refractivity contribution in [2.75, 3.05) is 26.3 Å². The Morgan fingerprint density at radius 2 is 1.56 bits per heavy atom. The summed E-state index contributed by atoms with van der Waals surface area (Å²) in [5.41, 5.74) is 0. The minimum Gasteiger partial charge on any atom is -0.508 e. The monoisotopic (exact) mass is 442 g/mol. The van der Waals surface area contributed by atoms with Crippen LogP contribution in [-0.4, -0.2) is 60.3 Å². The summed E-state index contributed by atoms with van der Waals surface area (Å²) >= 11 is 0. The summed E-state index contributed by atoms with van der Waals surface area (Å²) in [6, 6.07) is 13.4. The number of ether oxygens (including phenoxy) is 3. The molecule has 172 valence electrons. The van der Waals surface area contributed by atoms with Crippen molar-refractivity contribution in [3.63, 3.8) is 0 Å². The second-order valence-electron chi connectivity index (χ2n) is 7.61. The number of carbonyl (C=O) groups is 2. The van der Waals surface area contributed by atoms with Gasteiger partial charge in [0.05, 0.1) is 6.61 Å². The maximum absolute atomic E-state index is 12.7. The number of hydrogen-bond donors (Lipinski definition) is 2. The number of aromatic hydroxyl groups is 1. The molecule has 0 saturated carbocycles. The van der Waals surface area contributed by atoms with Crippen molar-refractivity contribution in [1.29, 1.82) is 0 Å². The lowest BCUT2D eigenvalue weighted by atomic mass is 10.0. The molecule has 2 aromatic rings. The van der Waals surface area contributed by atoms with Crippen molar-refractivity contribution < 1.29 is 28.9 Å². The molecule has 0 radical (unpaired) electrons. The molecule has 0 aliphatic carbocycles. The number of amides is 2. The fourth-order valence-corrected chi connectivity index (χ4v) is 3.50. The summed E-state index contributed by atoms with van der Waals surface area (Å²) in [7, 11) is 0. The highest BCUT2D eigenvalue weighted by Crippen LogP contribution is 2.19. The van der Waals surface area contributed by atoms with Crippen molar-refractivity contribution >= 4 is 11.8 Å². The molecule has 0 spiro atoms. The molecule has 0 bridgehead atoms. The van der Waals surface area contributed by atoms with Crippen LogP contribution in [0, 0.1) is 0 Å². The molecule has 2 N–H and O–H groups in total. The van der Waals surface area contributed by atoms with Gasteiger partial charge in [-0.15, -0.1) is 0 Å². The zero-order valence-electron chi connectivity index (χ0n) is 18.5. The third-order valence-electron chi connectivity index (χ3n) is 5.17. The molecular formula is C24H30N2O6. The van der Waals surface area contributed by atoms with Gasteiger partial charge in [-0.2, -0.15) is 0 Å². The normalized spacial score (nSPS) is 15.0. The molecule has 3 rings (SSSR count). The van der Waals surface area contributed by atoms with E-state index in [1.165, 1.54) is 12.1 Å². The van der Waals surface area contributed by atoms with Gasteiger partial charge in [0.1, 0.15) is 23.0 Å². The zero-order chi connectivity index (χ0) is 22.9. The van der Waals surface area contributed by atoms with Gasteiger partial charge in [0.15, 0.2) is 12.7 Å². The third-order valence-corrected chi connectivity index (χ3v) is 5.17. The van der Waals surface area contributed by atoms with Crippen LogP contribution in [0.3, 0.4) is 0 Å². The third kappa shape index (κ3) is 6.80. The fraction of sp³-hybridized carbons (Fsp3) is 0.417. The number of nitrogens with one attached hydrogen (secondary N) is 1. The average molecular weight is 443 g/mol. The van der Waals surface area contributed by atoms with Crippen LogP contribution in [-0.2, 0) is 9.59 Å². The maximum atomic E-state index is 12.7. The van der Waals surface area contributed by atoms with E-state index < -0.39 is 6.10 Å². The molecule has 2 amide bonds. The van der Waals surface area contributed by atoms with E-state index in [0.717, 1.165) is 5.75 Å². The fourth-order valence-electron chi connectivity index (χ4n) is 3.50. The SMILES string of the molecule is CCOc1ccc(OCC(=O)NC2CCN(C(=O)C(C)Oc3ccc(O)cc3)CC2)cc1. The van der Waals surface area contributed by atoms with E-state index >= 15 is 0 Å². The van der Waals surface area contributed by atoms with E-state index in [-0.39, 0.29) is 30.2 Å². The van der Waals surface area contributed by atoms with E-state index in [1.807, 2.05) is 6.92 Å². The van der Waals surface area contributed by atoms with Crippen LogP contribution in [0.4, 0.5) is 0 Å². The predicted octanol–water partition coefficient (Wildman–Crippen LogP) is 2.74. The second-order valence-corrected chi connectivity index (χ2v) is 7.61. The van der Waals surface area contributed by atoms with Crippen LogP contribution in [0.15, 0.2) is 48.5 Å². The Balaban J connectivity index is 1.37. The molecule has 1 saturated heterocycles. The summed E-state index contributed by atoms with van der Waals surface area (Å²) in [4.78, 5) is 26.6.